The first-order valence-corrected chi connectivity index (χ1v) is 10.0. The summed E-state index contributed by atoms with van der Waals surface area (Å²) in [6.07, 6.45) is 2.54. The van der Waals surface area contributed by atoms with Crippen LogP contribution in [0.15, 0.2) is 29.2 Å². The first kappa shape index (κ1) is 19.2. The van der Waals surface area contributed by atoms with Crippen LogP contribution < -0.4 is 4.74 Å². The maximum atomic E-state index is 12.3. The fourth-order valence-corrected chi connectivity index (χ4v) is 3.47. The minimum atomic E-state index is -3.25. The summed E-state index contributed by atoms with van der Waals surface area (Å²) in [6.45, 7) is 2.30. The predicted octanol–water partition coefficient (Wildman–Crippen LogP) is 1.57. The highest BCUT2D eigenvalue weighted by Crippen LogP contribution is 2.23. The fourth-order valence-electron chi connectivity index (χ4n) is 2.84. The molecule has 8 heteroatoms. The standard InChI is InChI=1S/C17H23NO6S/c1-12-3-4-13(17(20)21)11-18(12)16(19)9-10-24-14-5-7-15(8-6-14)25(2,22)23/h5-8,12-13H,3-4,9-11H2,1-2H3,(H,20,21). The second-order valence-electron chi connectivity index (χ2n) is 6.35. The number of aliphatic carboxylic acids is 1. The fraction of sp³-hybridized carbons (Fsp3) is 0.529. The number of nitrogens with zero attached hydrogens (tertiary/aromatic N) is 1. The van der Waals surface area contributed by atoms with Crippen molar-refractivity contribution in [3.63, 3.8) is 0 Å². The zero-order valence-electron chi connectivity index (χ0n) is 14.3. The van der Waals surface area contributed by atoms with Crippen molar-refractivity contribution in [3.05, 3.63) is 24.3 Å². The Morgan fingerprint density at radius 3 is 2.44 bits per heavy atom. The zero-order valence-corrected chi connectivity index (χ0v) is 15.2. The third-order valence-corrected chi connectivity index (χ3v) is 5.52. The monoisotopic (exact) mass is 369 g/mol. The molecule has 0 bridgehead atoms. The van der Waals surface area contributed by atoms with Crippen molar-refractivity contribution >= 4 is 21.7 Å². The Morgan fingerprint density at radius 2 is 1.88 bits per heavy atom. The summed E-state index contributed by atoms with van der Waals surface area (Å²) in [5.74, 6) is -1.03. The Bertz CT molecular complexity index is 728. The van der Waals surface area contributed by atoms with Crippen molar-refractivity contribution in [2.45, 2.75) is 37.1 Å². The van der Waals surface area contributed by atoms with Gasteiger partial charge < -0.3 is 14.7 Å². The molecule has 0 aromatic heterocycles. The number of carbonyl (C=O) groups excluding carboxylic acids is 1. The van der Waals surface area contributed by atoms with Gasteiger partial charge >= 0.3 is 5.97 Å². The highest BCUT2D eigenvalue weighted by Gasteiger charge is 2.32. The van der Waals surface area contributed by atoms with Crippen molar-refractivity contribution in [2.24, 2.45) is 5.92 Å². The van der Waals surface area contributed by atoms with Crippen LogP contribution in [-0.4, -0.2) is 55.7 Å². The molecule has 1 heterocycles. The lowest BCUT2D eigenvalue weighted by Gasteiger charge is -2.36. The van der Waals surface area contributed by atoms with Gasteiger partial charge in [-0.15, -0.1) is 0 Å². The van der Waals surface area contributed by atoms with E-state index in [4.69, 9.17) is 9.84 Å². The Morgan fingerprint density at radius 1 is 1.24 bits per heavy atom. The molecule has 2 rings (SSSR count). The molecule has 1 saturated heterocycles. The van der Waals surface area contributed by atoms with Crippen LogP contribution in [0, 0.1) is 5.92 Å². The summed E-state index contributed by atoms with van der Waals surface area (Å²) in [5.41, 5.74) is 0. The molecule has 1 aliphatic rings. The van der Waals surface area contributed by atoms with E-state index in [1.165, 1.54) is 12.1 Å². The molecule has 25 heavy (non-hydrogen) atoms. The number of sulfone groups is 1. The van der Waals surface area contributed by atoms with Gasteiger partial charge in [0.25, 0.3) is 0 Å². The van der Waals surface area contributed by atoms with Gasteiger partial charge in [0.15, 0.2) is 9.84 Å². The molecular weight excluding hydrogens is 346 g/mol. The van der Waals surface area contributed by atoms with Crippen molar-refractivity contribution in [1.29, 1.82) is 0 Å². The molecule has 0 radical (unpaired) electrons. The Balaban J connectivity index is 1.86. The summed E-state index contributed by atoms with van der Waals surface area (Å²) in [6, 6.07) is 6.03. The van der Waals surface area contributed by atoms with Crippen molar-refractivity contribution in [3.8, 4) is 5.75 Å². The first-order valence-electron chi connectivity index (χ1n) is 8.13. The van der Waals surface area contributed by atoms with Crippen molar-refractivity contribution < 1.29 is 27.9 Å². The number of carboxylic acid groups (broad SMARTS) is 1. The molecule has 138 valence electrons. The third-order valence-electron chi connectivity index (χ3n) is 4.39. The van der Waals surface area contributed by atoms with Gasteiger partial charge in [0.1, 0.15) is 5.75 Å². The summed E-state index contributed by atoms with van der Waals surface area (Å²) >= 11 is 0. The van der Waals surface area contributed by atoms with Crippen LogP contribution in [0.3, 0.4) is 0 Å². The van der Waals surface area contributed by atoms with Crippen LogP contribution in [0.1, 0.15) is 26.2 Å². The quantitative estimate of drug-likeness (QED) is 0.817. The molecule has 1 aromatic rings. The lowest BCUT2D eigenvalue weighted by molar-refractivity contribution is -0.147. The van der Waals surface area contributed by atoms with Crippen LogP contribution in [0.2, 0.25) is 0 Å². The molecule has 1 N–H and O–H groups in total. The average Bonchev–Trinajstić information content (AvgIpc) is 2.54. The van der Waals surface area contributed by atoms with Gasteiger partial charge in [-0.2, -0.15) is 0 Å². The summed E-state index contributed by atoms with van der Waals surface area (Å²) in [7, 11) is -3.25. The molecule has 0 saturated carbocycles. The van der Waals surface area contributed by atoms with Crippen molar-refractivity contribution in [1.82, 2.24) is 4.90 Å². The van der Waals surface area contributed by atoms with Gasteiger partial charge in [0.2, 0.25) is 5.91 Å². The molecule has 1 fully saturated rings. The predicted molar refractivity (Wildman–Crippen MR) is 91.2 cm³/mol. The van der Waals surface area contributed by atoms with E-state index < -0.39 is 21.7 Å². The van der Waals surface area contributed by atoms with Gasteiger partial charge in [0.05, 0.1) is 23.8 Å². The molecule has 1 amide bonds. The largest absolute Gasteiger partial charge is 0.493 e. The van der Waals surface area contributed by atoms with Crippen LogP contribution in [0.5, 0.6) is 5.75 Å². The maximum Gasteiger partial charge on any atom is 0.308 e. The van der Waals surface area contributed by atoms with Gasteiger partial charge in [-0.1, -0.05) is 0 Å². The average molecular weight is 369 g/mol. The van der Waals surface area contributed by atoms with Gasteiger partial charge in [-0.25, -0.2) is 8.42 Å². The molecule has 2 atom stereocenters. The number of benzene rings is 1. The number of rotatable bonds is 6. The topological polar surface area (TPSA) is 101 Å². The van der Waals surface area contributed by atoms with E-state index in [0.29, 0.717) is 18.6 Å². The Labute approximate surface area is 147 Å². The number of carboxylic acids is 1. The summed E-state index contributed by atoms with van der Waals surface area (Å²) in [5, 5.41) is 9.12. The highest BCUT2D eigenvalue weighted by molar-refractivity contribution is 7.90. The lowest BCUT2D eigenvalue weighted by atomic mass is 9.93. The maximum absolute atomic E-state index is 12.3. The van der Waals surface area contributed by atoms with Crippen LogP contribution in [0.4, 0.5) is 0 Å². The van der Waals surface area contributed by atoms with Crippen LogP contribution >= 0.6 is 0 Å². The number of amides is 1. The minimum absolute atomic E-state index is 0.0251. The molecule has 2 unspecified atom stereocenters. The smallest absolute Gasteiger partial charge is 0.308 e. The van der Waals surface area contributed by atoms with Gasteiger partial charge in [-0.05, 0) is 44.0 Å². The molecule has 7 nitrogen and oxygen atoms in total. The van der Waals surface area contributed by atoms with E-state index in [2.05, 4.69) is 0 Å². The minimum Gasteiger partial charge on any atom is -0.493 e. The second kappa shape index (κ2) is 7.86. The molecule has 0 aliphatic carbocycles. The summed E-state index contributed by atoms with van der Waals surface area (Å²) < 4.78 is 28.3. The van der Waals surface area contributed by atoms with E-state index in [1.807, 2.05) is 6.92 Å². The van der Waals surface area contributed by atoms with E-state index in [1.54, 1.807) is 17.0 Å². The van der Waals surface area contributed by atoms with Crippen molar-refractivity contribution in [2.75, 3.05) is 19.4 Å². The Kier molecular flexibility index (Phi) is 6.05. The number of carbonyl (C=O) groups is 2. The summed E-state index contributed by atoms with van der Waals surface area (Å²) in [4.78, 5) is 25.3. The molecule has 1 aromatic carbocycles. The van der Waals surface area contributed by atoms with Gasteiger partial charge in [-0.3, -0.25) is 9.59 Å². The number of ether oxygens (including phenoxy) is 1. The normalized spacial score (nSPS) is 21.0. The number of likely N-dealkylation sites (tertiary alicyclic amines) is 1. The van der Waals surface area contributed by atoms with E-state index in [0.717, 1.165) is 6.26 Å². The van der Waals surface area contributed by atoms with E-state index in [9.17, 15) is 18.0 Å². The zero-order chi connectivity index (χ0) is 18.6. The number of hydrogen-bond acceptors (Lipinski definition) is 5. The van der Waals surface area contributed by atoms with Crippen LogP contribution in [-0.2, 0) is 19.4 Å². The molecule has 0 spiro atoms. The number of piperidine rings is 1. The SMILES string of the molecule is CC1CCC(C(=O)O)CN1C(=O)CCOc1ccc(S(C)(=O)=O)cc1. The van der Waals surface area contributed by atoms with Gasteiger partial charge in [0, 0.05) is 18.8 Å². The highest BCUT2D eigenvalue weighted by atomic mass is 32.2. The second-order valence-corrected chi connectivity index (χ2v) is 8.37. The molecular formula is C17H23NO6S. The Hall–Kier alpha value is -2.09. The number of hydrogen-bond donors (Lipinski definition) is 1. The first-order chi connectivity index (χ1) is 11.7. The van der Waals surface area contributed by atoms with E-state index in [-0.39, 0.29) is 36.4 Å². The third kappa shape index (κ3) is 5.19. The van der Waals surface area contributed by atoms with E-state index >= 15 is 0 Å². The lowest BCUT2D eigenvalue weighted by Crippen LogP contribution is -2.47. The molecule has 1 aliphatic heterocycles. The van der Waals surface area contributed by atoms with Crippen LogP contribution in [0.25, 0.3) is 0 Å².